The lowest BCUT2D eigenvalue weighted by Gasteiger charge is -2.14. The number of carbonyl (C=O) groups excluding carboxylic acids is 2. The van der Waals surface area contributed by atoms with Gasteiger partial charge in [0.05, 0.1) is 13.7 Å². The molecule has 8 nitrogen and oxygen atoms in total. The van der Waals surface area contributed by atoms with Gasteiger partial charge in [-0.05, 0) is 12.8 Å². The zero-order chi connectivity index (χ0) is 14.7. The molecule has 19 heavy (non-hydrogen) atoms. The number of carboxylic acids is 1. The van der Waals surface area contributed by atoms with E-state index in [-0.39, 0.29) is 19.4 Å². The molecule has 0 bridgehead atoms. The average Bonchev–Trinajstić information content (AvgIpc) is 2.38. The lowest BCUT2D eigenvalue weighted by molar-refractivity contribution is -0.142. The van der Waals surface area contributed by atoms with Crippen LogP contribution in [0.4, 0.5) is 4.79 Å². The van der Waals surface area contributed by atoms with Crippen LogP contribution < -0.4 is 10.9 Å². The maximum Gasteiger partial charge on any atom is 0.421 e. The second kappa shape index (κ2) is 10.1. The fourth-order valence-electron chi connectivity index (χ4n) is 1.11. The maximum atomic E-state index is 11.2. The van der Waals surface area contributed by atoms with Crippen LogP contribution in [0, 0.1) is 0 Å². The van der Waals surface area contributed by atoms with Gasteiger partial charge in [0.25, 0.3) is 0 Å². The predicted octanol–water partition coefficient (Wildman–Crippen LogP) is 0.424. The number of unbranched alkanes of at least 4 members (excludes halogenated alkanes) is 1. The molecule has 0 saturated heterocycles. The molecule has 0 unspecified atom stereocenters. The van der Waals surface area contributed by atoms with Crippen LogP contribution in [0.5, 0.6) is 0 Å². The number of hydrazine groups is 1. The van der Waals surface area contributed by atoms with Crippen molar-refractivity contribution in [1.82, 2.24) is 10.9 Å². The Kier molecular flexibility index (Phi) is 9.15. The highest BCUT2D eigenvalue weighted by Gasteiger charge is 2.19. The smallest absolute Gasteiger partial charge is 0.421 e. The second-order valence-electron chi connectivity index (χ2n) is 3.76. The molecule has 1 atom stereocenters. The monoisotopic (exact) mass is 276 g/mol. The topological polar surface area (TPSA) is 114 Å². The minimum atomic E-state index is -1.18. The lowest BCUT2D eigenvalue weighted by Crippen LogP contribution is -2.48. The van der Waals surface area contributed by atoms with Gasteiger partial charge in [-0.25, -0.2) is 10.2 Å². The van der Waals surface area contributed by atoms with E-state index < -0.39 is 24.1 Å². The Morgan fingerprint density at radius 1 is 1.32 bits per heavy atom. The minimum absolute atomic E-state index is 0.00273. The van der Waals surface area contributed by atoms with Crippen molar-refractivity contribution in [3.8, 4) is 0 Å². The van der Waals surface area contributed by atoms with Gasteiger partial charge in [-0.1, -0.05) is 13.3 Å². The summed E-state index contributed by atoms with van der Waals surface area (Å²) in [6.07, 6.45) is 0.803. The summed E-state index contributed by atoms with van der Waals surface area (Å²) in [6, 6.07) is -1.09. The van der Waals surface area contributed by atoms with Crippen molar-refractivity contribution < 1.29 is 29.0 Å². The number of aliphatic carboxylic acids is 1. The lowest BCUT2D eigenvalue weighted by atomic mass is 10.2. The minimum Gasteiger partial charge on any atom is -0.480 e. The number of carbonyl (C=O) groups is 3. The normalized spacial score (nSPS) is 11.5. The SMILES string of the molecule is CCCCOC(=O)NN[C@@H](CCC(=O)OC)C(=O)O. The third-order valence-electron chi connectivity index (χ3n) is 2.24. The number of hydrogen-bond acceptors (Lipinski definition) is 6. The molecule has 0 heterocycles. The number of hydrogen-bond donors (Lipinski definition) is 3. The molecule has 8 heteroatoms. The van der Waals surface area contributed by atoms with Crippen LogP contribution >= 0.6 is 0 Å². The average molecular weight is 276 g/mol. The van der Waals surface area contributed by atoms with E-state index in [2.05, 4.69) is 15.6 Å². The van der Waals surface area contributed by atoms with Crippen LogP contribution in [-0.2, 0) is 19.1 Å². The van der Waals surface area contributed by atoms with E-state index in [4.69, 9.17) is 9.84 Å². The molecule has 0 radical (unpaired) electrons. The van der Waals surface area contributed by atoms with Crippen molar-refractivity contribution in [1.29, 1.82) is 0 Å². The molecule has 0 aliphatic rings. The number of carboxylic acid groups (broad SMARTS) is 1. The maximum absolute atomic E-state index is 11.2. The van der Waals surface area contributed by atoms with E-state index in [1.165, 1.54) is 7.11 Å². The van der Waals surface area contributed by atoms with Gasteiger partial charge in [0.15, 0.2) is 0 Å². The molecule has 0 saturated carbocycles. The summed E-state index contributed by atoms with van der Waals surface area (Å²) < 4.78 is 9.16. The van der Waals surface area contributed by atoms with Crippen LogP contribution in [0.2, 0.25) is 0 Å². The van der Waals surface area contributed by atoms with Crippen molar-refractivity contribution in [2.24, 2.45) is 0 Å². The van der Waals surface area contributed by atoms with Gasteiger partial charge >= 0.3 is 18.0 Å². The van der Waals surface area contributed by atoms with E-state index in [1.807, 2.05) is 6.92 Å². The summed E-state index contributed by atoms with van der Waals surface area (Å²) in [6.45, 7) is 2.22. The van der Waals surface area contributed by atoms with Crippen LogP contribution in [-0.4, -0.2) is 42.9 Å². The zero-order valence-corrected chi connectivity index (χ0v) is 11.1. The third kappa shape index (κ3) is 8.83. The number of ether oxygens (including phenoxy) is 2. The molecule has 0 aliphatic carbocycles. The standard InChI is InChI=1S/C11H20N2O6/c1-3-4-7-19-11(17)13-12-8(10(15)16)5-6-9(14)18-2/h8,12H,3-7H2,1-2H3,(H,13,17)(H,15,16)/t8-/m0/s1. The third-order valence-corrected chi connectivity index (χ3v) is 2.24. The first kappa shape index (κ1) is 17.2. The number of amides is 1. The fourth-order valence-corrected chi connectivity index (χ4v) is 1.11. The Morgan fingerprint density at radius 2 is 2.00 bits per heavy atom. The molecule has 0 aromatic rings. The molecular formula is C11H20N2O6. The van der Waals surface area contributed by atoms with Crippen LogP contribution in [0.1, 0.15) is 32.6 Å². The fraction of sp³-hybridized carbons (Fsp3) is 0.727. The highest BCUT2D eigenvalue weighted by atomic mass is 16.6. The van der Waals surface area contributed by atoms with E-state index in [0.29, 0.717) is 0 Å². The van der Waals surface area contributed by atoms with E-state index >= 15 is 0 Å². The van der Waals surface area contributed by atoms with Gasteiger partial charge in [0, 0.05) is 6.42 Å². The van der Waals surface area contributed by atoms with Gasteiger partial charge in [-0.15, -0.1) is 0 Å². The summed E-state index contributed by atoms with van der Waals surface area (Å²) in [5, 5.41) is 8.88. The first-order chi connectivity index (χ1) is 9.01. The number of methoxy groups -OCH3 is 1. The number of rotatable bonds is 9. The first-order valence-corrected chi connectivity index (χ1v) is 5.99. The first-order valence-electron chi connectivity index (χ1n) is 5.99. The highest BCUT2D eigenvalue weighted by Crippen LogP contribution is 1.98. The molecule has 110 valence electrons. The summed E-state index contributed by atoms with van der Waals surface area (Å²) in [5.74, 6) is -1.70. The van der Waals surface area contributed by atoms with Gasteiger partial charge < -0.3 is 14.6 Å². The zero-order valence-electron chi connectivity index (χ0n) is 11.1. The van der Waals surface area contributed by atoms with Gasteiger partial charge in [-0.2, -0.15) is 0 Å². The molecule has 0 aromatic heterocycles. The Hall–Kier alpha value is -1.83. The van der Waals surface area contributed by atoms with Crippen molar-refractivity contribution in [3.63, 3.8) is 0 Å². The number of esters is 1. The van der Waals surface area contributed by atoms with Gasteiger partial charge in [0.2, 0.25) is 0 Å². The van der Waals surface area contributed by atoms with Crippen molar-refractivity contribution in [2.75, 3.05) is 13.7 Å². The van der Waals surface area contributed by atoms with E-state index in [1.54, 1.807) is 0 Å². The predicted molar refractivity (Wildman–Crippen MR) is 65.2 cm³/mol. The Balaban J connectivity index is 3.97. The van der Waals surface area contributed by atoms with Crippen LogP contribution in [0.3, 0.4) is 0 Å². The molecule has 0 aliphatic heterocycles. The summed E-state index contributed by atoms with van der Waals surface area (Å²) >= 11 is 0. The molecule has 0 rings (SSSR count). The largest absolute Gasteiger partial charge is 0.480 e. The molecule has 1 amide bonds. The van der Waals surface area contributed by atoms with Gasteiger partial charge in [0.1, 0.15) is 6.04 Å². The molecule has 3 N–H and O–H groups in total. The molecule has 0 fully saturated rings. The van der Waals surface area contributed by atoms with Crippen LogP contribution in [0.25, 0.3) is 0 Å². The number of nitrogens with one attached hydrogen (secondary N) is 2. The van der Waals surface area contributed by atoms with Crippen molar-refractivity contribution in [2.45, 2.75) is 38.6 Å². The van der Waals surface area contributed by atoms with Crippen molar-refractivity contribution in [3.05, 3.63) is 0 Å². The van der Waals surface area contributed by atoms with E-state index in [9.17, 15) is 14.4 Å². The second-order valence-corrected chi connectivity index (χ2v) is 3.76. The quantitative estimate of drug-likeness (QED) is 0.318. The molecule has 0 aromatic carbocycles. The Bertz CT molecular complexity index is 308. The van der Waals surface area contributed by atoms with E-state index in [0.717, 1.165) is 12.8 Å². The Morgan fingerprint density at radius 3 is 2.53 bits per heavy atom. The molecule has 0 spiro atoms. The van der Waals surface area contributed by atoms with Gasteiger partial charge in [-0.3, -0.25) is 15.0 Å². The van der Waals surface area contributed by atoms with Crippen LogP contribution in [0.15, 0.2) is 0 Å². The summed E-state index contributed by atoms with van der Waals surface area (Å²) in [4.78, 5) is 32.9. The molecular weight excluding hydrogens is 256 g/mol. The summed E-state index contributed by atoms with van der Waals surface area (Å²) in [5.41, 5.74) is 4.41. The highest BCUT2D eigenvalue weighted by molar-refractivity contribution is 5.76. The van der Waals surface area contributed by atoms with Crippen molar-refractivity contribution >= 4 is 18.0 Å². The summed E-state index contributed by atoms with van der Waals surface area (Å²) in [7, 11) is 1.22. The Labute approximate surface area is 111 Å².